The molecule has 1 atom stereocenters. The summed E-state index contributed by atoms with van der Waals surface area (Å²) in [5, 5.41) is 8.95. The molecule has 0 spiro atoms. The number of likely N-dealkylation sites (tertiary alicyclic amines) is 1. The van der Waals surface area contributed by atoms with Crippen LogP contribution in [0.5, 0.6) is 0 Å². The van der Waals surface area contributed by atoms with Crippen molar-refractivity contribution in [2.24, 2.45) is 0 Å². The van der Waals surface area contributed by atoms with Crippen LogP contribution in [0.2, 0.25) is 0 Å². The average Bonchev–Trinajstić information content (AvgIpc) is 2.30. The summed E-state index contributed by atoms with van der Waals surface area (Å²) >= 11 is 0. The van der Waals surface area contributed by atoms with E-state index in [1.807, 2.05) is 24.3 Å². The predicted octanol–water partition coefficient (Wildman–Crippen LogP) is 2.13. The molecule has 0 radical (unpaired) electrons. The third kappa shape index (κ3) is 2.27. The van der Waals surface area contributed by atoms with Crippen molar-refractivity contribution in [3.05, 3.63) is 29.8 Å². The zero-order valence-corrected chi connectivity index (χ0v) is 9.10. The number of hydrogen-bond donors (Lipinski definition) is 2. The Hall–Kier alpha value is -1.71. The first kappa shape index (κ1) is 10.8. The summed E-state index contributed by atoms with van der Waals surface area (Å²) in [6, 6.07) is 7.72. The molecule has 4 heteroatoms. The molecule has 0 aromatic heterocycles. The highest BCUT2D eigenvalue weighted by Gasteiger charge is 2.23. The molecule has 1 amide bonds. The van der Waals surface area contributed by atoms with Gasteiger partial charge in [0.15, 0.2) is 0 Å². The third-order valence-electron chi connectivity index (χ3n) is 3.10. The predicted molar refractivity (Wildman–Crippen MR) is 62.4 cm³/mol. The van der Waals surface area contributed by atoms with Gasteiger partial charge in [0, 0.05) is 24.7 Å². The fourth-order valence-corrected chi connectivity index (χ4v) is 2.19. The van der Waals surface area contributed by atoms with Crippen LogP contribution in [0.3, 0.4) is 0 Å². The number of nitrogens with two attached hydrogens (primary N) is 1. The fraction of sp³-hybridized carbons (Fsp3) is 0.417. The Bertz CT molecular complexity index is 375. The van der Waals surface area contributed by atoms with Crippen molar-refractivity contribution >= 4 is 11.8 Å². The summed E-state index contributed by atoms with van der Waals surface area (Å²) < 4.78 is 0. The summed E-state index contributed by atoms with van der Waals surface area (Å²) in [4.78, 5) is 12.4. The first-order valence-corrected chi connectivity index (χ1v) is 5.50. The van der Waals surface area contributed by atoms with E-state index in [1.165, 1.54) is 10.5 Å². The Morgan fingerprint density at radius 1 is 1.38 bits per heavy atom. The lowest BCUT2D eigenvalue weighted by atomic mass is 9.91. The van der Waals surface area contributed by atoms with Crippen molar-refractivity contribution in [3.63, 3.8) is 0 Å². The molecule has 0 saturated carbocycles. The van der Waals surface area contributed by atoms with E-state index < -0.39 is 6.09 Å². The smallest absolute Gasteiger partial charge is 0.407 e. The van der Waals surface area contributed by atoms with Crippen molar-refractivity contribution < 1.29 is 9.90 Å². The van der Waals surface area contributed by atoms with Gasteiger partial charge in [-0.2, -0.15) is 0 Å². The molecule has 3 N–H and O–H groups in total. The summed E-state index contributed by atoms with van der Waals surface area (Å²) in [6.07, 6.45) is 1.16. The minimum absolute atomic E-state index is 0.311. The van der Waals surface area contributed by atoms with E-state index in [-0.39, 0.29) is 0 Å². The van der Waals surface area contributed by atoms with Crippen LogP contribution in [0, 0.1) is 0 Å². The van der Waals surface area contributed by atoms with Gasteiger partial charge >= 0.3 is 6.09 Å². The van der Waals surface area contributed by atoms with Crippen LogP contribution in [0.1, 0.15) is 24.3 Å². The number of benzene rings is 1. The molecule has 1 heterocycles. The molecule has 0 aliphatic carbocycles. The molecule has 1 saturated heterocycles. The van der Waals surface area contributed by atoms with E-state index in [0.29, 0.717) is 19.0 Å². The maximum atomic E-state index is 10.9. The summed E-state index contributed by atoms with van der Waals surface area (Å²) in [7, 11) is 0. The topological polar surface area (TPSA) is 66.6 Å². The summed E-state index contributed by atoms with van der Waals surface area (Å²) in [6.45, 7) is 1.25. The molecule has 0 bridgehead atoms. The first-order chi connectivity index (χ1) is 7.66. The number of nitrogen functional groups attached to an aromatic ring is 1. The number of anilines is 1. The second kappa shape index (κ2) is 4.43. The van der Waals surface area contributed by atoms with E-state index in [1.54, 1.807) is 0 Å². The van der Waals surface area contributed by atoms with Gasteiger partial charge in [0.25, 0.3) is 0 Å². The molecule has 4 nitrogen and oxygen atoms in total. The van der Waals surface area contributed by atoms with Gasteiger partial charge in [-0.1, -0.05) is 12.1 Å². The van der Waals surface area contributed by atoms with Gasteiger partial charge in [-0.25, -0.2) is 4.79 Å². The van der Waals surface area contributed by atoms with Crippen LogP contribution in [-0.4, -0.2) is 29.2 Å². The molecular formula is C12H16N2O2. The van der Waals surface area contributed by atoms with Crippen LogP contribution in [-0.2, 0) is 0 Å². The molecule has 2 rings (SSSR count). The fourth-order valence-electron chi connectivity index (χ4n) is 2.19. The molecule has 1 aromatic carbocycles. The molecule has 16 heavy (non-hydrogen) atoms. The average molecular weight is 220 g/mol. The Morgan fingerprint density at radius 3 is 2.69 bits per heavy atom. The summed E-state index contributed by atoms with van der Waals surface area (Å²) in [5.41, 5.74) is 7.55. The second-order valence-corrected chi connectivity index (χ2v) is 4.23. The third-order valence-corrected chi connectivity index (χ3v) is 3.10. The van der Waals surface area contributed by atoms with E-state index in [0.717, 1.165) is 18.5 Å². The second-order valence-electron chi connectivity index (χ2n) is 4.23. The van der Waals surface area contributed by atoms with Crippen molar-refractivity contribution in [1.29, 1.82) is 0 Å². The van der Waals surface area contributed by atoms with Crippen molar-refractivity contribution in [1.82, 2.24) is 4.90 Å². The molecule has 1 aromatic rings. The number of piperidine rings is 1. The Morgan fingerprint density at radius 2 is 2.06 bits per heavy atom. The molecule has 1 aliphatic rings. The van der Waals surface area contributed by atoms with Gasteiger partial charge in [-0.05, 0) is 30.5 Å². The van der Waals surface area contributed by atoms with Gasteiger partial charge in [0.2, 0.25) is 0 Å². The van der Waals surface area contributed by atoms with Crippen LogP contribution in [0.4, 0.5) is 10.5 Å². The number of hydrogen-bond acceptors (Lipinski definition) is 2. The zero-order valence-electron chi connectivity index (χ0n) is 9.10. The lowest BCUT2D eigenvalue weighted by Gasteiger charge is -2.31. The largest absolute Gasteiger partial charge is 0.465 e. The van der Waals surface area contributed by atoms with Gasteiger partial charge in [-0.15, -0.1) is 0 Å². The normalized spacial score (nSPS) is 20.8. The van der Waals surface area contributed by atoms with Crippen LogP contribution in [0.15, 0.2) is 24.3 Å². The summed E-state index contributed by atoms with van der Waals surface area (Å²) in [5.74, 6) is 0.311. The quantitative estimate of drug-likeness (QED) is 0.712. The molecule has 86 valence electrons. The lowest BCUT2D eigenvalue weighted by molar-refractivity contribution is 0.130. The molecule has 0 unspecified atom stereocenters. The van der Waals surface area contributed by atoms with Crippen LogP contribution >= 0.6 is 0 Å². The van der Waals surface area contributed by atoms with E-state index in [9.17, 15) is 4.79 Å². The maximum Gasteiger partial charge on any atom is 0.407 e. The molecule has 1 fully saturated rings. The standard InChI is InChI=1S/C12H16N2O2/c13-11-5-3-9(4-6-11)10-2-1-7-14(8-10)12(15)16/h3-6,10H,1-2,7-8,13H2,(H,15,16)/t10-/m1/s1. The highest BCUT2D eigenvalue weighted by atomic mass is 16.4. The SMILES string of the molecule is Nc1ccc([C@@H]2CCCN(C(=O)O)C2)cc1. The Balaban J connectivity index is 2.09. The van der Waals surface area contributed by atoms with Gasteiger partial charge in [0.1, 0.15) is 0 Å². The Labute approximate surface area is 94.7 Å². The van der Waals surface area contributed by atoms with Crippen molar-refractivity contribution in [2.75, 3.05) is 18.8 Å². The highest BCUT2D eigenvalue weighted by molar-refractivity contribution is 5.65. The minimum atomic E-state index is -0.819. The number of carboxylic acid groups (broad SMARTS) is 1. The van der Waals surface area contributed by atoms with Crippen LogP contribution in [0.25, 0.3) is 0 Å². The van der Waals surface area contributed by atoms with Gasteiger partial charge in [0.05, 0.1) is 0 Å². The van der Waals surface area contributed by atoms with Crippen molar-refractivity contribution in [3.8, 4) is 0 Å². The number of nitrogens with zero attached hydrogens (tertiary/aromatic N) is 1. The van der Waals surface area contributed by atoms with Crippen LogP contribution < -0.4 is 5.73 Å². The Kier molecular flexibility index (Phi) is 2.99. The number of rotatable bonds is 1. The molecular weight excluding hydrogens is 204 g/mol. The zero-order chi connectivity index (χ0) is 11.5. The van der Waals surface area contributed by atoms with E-state index in [4.69, 9.17) is 10.8 Å². The highest BCUT2D eigenvalue weighted by Crippen LogP contribution is 2.27. The van der Waals surface area contributed by atoms with E-state index in [2.05, 4.69) is 0 Å². The van der Waals surface area contributed by atoms with Gasteiger partial charge in [-0.3, -0.25) is 0 Å². The molecule has 1 aliphatic heterocycles. The lowest BCUT2D eigenvalue weighted by Crippen LogP contribution is -2.38. The van der Waals surface area contributed by atoms with E-state index >= 15 is 0 Å². The monoisotopic (exact) mass is 220 g/mol. The number of amides is 1. The van der Waals surface area contributed by atoms with Crippen molar-refractivity contribution in [2.45, 2.75) is 18.8 Å². The minimum Gasteiger partial charge on any atom is -0.465 e. The number of carbonyl (C=O) groups is 1. The van der Waals surface area contributed by atoms with Gasteiger partial charge < -0.3 is 15.7 Å². The maximum absolute atomic E-state index is 10.9. The first-order valence-electron chi connectivity index (χ1n) is 5.50.